The lowest BCUT2D eigenvalue weighted by molar-refractivity contribution is 0.0152. The molecule has 1 rings (SSSR count). The number of nitrogens with two attached hydrogens (primary N) is 1. The SMILES string of the molecule is CC(C)OCC(O)CSc1nnc(N)s1. The summed E-state index contributed by atoms with van der Waals surface area (Å²) in [5.41, 5.74) is 5.43. The number of aliphatic hydroxyl groups is 1. The van der Waals surface area contributed by atoms with Gasteiger partial charge in [-0.05, 0) is 13.8 Å². The first-order chi connectivity index (χ1) is 7.08. The Labute approximate surface area is 97.0 Å². The van der Waals surface area contributed by atoms with E-state index in [2.05, 4.69) is 10.2 Å². The van der Waals surface area contributed by atoms with Gasteiger partial charge >= 0.3 is 0 Å². The lowest BCUT2D eigenvalue weighted by Gasteiger charge is -2.11. The van der Waals surface area contributed by atoms with Gasteiger partial charge in [-0.15, -0.1) is 10.2 Å². The number of rotatable bonds is 6. The summed E-state index contributed by atoms with van der Waals surface area (Å²) in [4.78, 5) is 0. The summed E-state index contributed by atoms with van der Waals surface area (Å²) in [7, 11) is 0. The lowest BCUT2D eigenvalue weighted by atomic mass is 10.4. The van der Waals surface area contributed by atoms with Crippen molar-refractivity contribution in [3.8, 4) is 0 Å². The molecule has 0 saturated heterocycles. The number of anilines is 1. The molecule has 1 aromatic rings. The van der Waals surface area contributed by atoms with E-state index in [1.807, 2.05) is 13.8 Å². The number of hydrogen-bond donors (Lipinski definition) is 2. The summed E-state index contributed by atoms with van der Waals surface area (Å²) < 4.78 is 6.05. The predicted molar refractivity (Wildman–Crippen MR) is 62.1 cm³/mol. The first kappa shape index (κ1) is 12.7. The highest BCUT2D eigenvalue weighted by Crippen LogP contribution is 2.23. The second kappa shape index (κ2) is 6.26. The second-order valence-corrected chi connectivity index (χ2v) is 5.53. The van der Waals surface area contributed by atoms with E-state index < -0.39 is 6.10 Å². The summed E-state index contributed by atoms with van der Waals surface area (Å²) in [6, 6.07) is 0. The van der Waals surface area contributed by atoms with E-state index in [0.717, 1.165) is 4.34 Å². The van der Waals surface area contributed by atoms with Crippen LogP contribution in [0.15, 0.2) is 4.34 Å². The highest BCUT2D eigenvalue weighted by atomic mass is 32.2. The molecular weight excluding hydrogens is 234 g/mol. The van der Waals surface area contributed by atoms with Gasteiger partial charge in [-0.3, -0.25) is 0 Å². The first-order valence-corrected chi connectivity index (χ1v) is 6.39. The smallest absolute Gasteiger partial charge is 0.203 e. The second-order valence-electron chi connectivity index (χ2n) is 3.25. The van der Waals surface area contributed by atoms with Crippen molar-refractivity contribution >= 4 is 28.2 Å². The molecule has 15 heavy (non-hydrogen) atoms. The van der Waals surface area contributed by atoms with Crippen molar-refractivity contribution in [3.63, 3.8) is 0 Å². The van der Waals surface area contributed by atoms with E-state index in [0.29, 0.717) is 17.5 Å². The number of nitrogens with zero attached hydrogens (tertiary/aromatic N) is 2. The van der Waals surface area contributed by atoms with Gasteiger partial charge in [-0.25, -0.2) is 0 Å². The van der Waals surface area contributed by atoms with E-state index in [1.165, 1.54) is 23.1 Å². The molecule has 1 atom stereocenters. The van der Waals surface area contributed by atoms with E-state index in [9.17, 15) is 5.11 Å². The van der Waals surface area contributed by atoms with Crippen molar-refractivity contribution in [3.05, 3.63) is 0 Å². The minimum absolute atomic E-state index is 0.141. The monoisotopic (exact) mass is 249 g/mol. The van der Waals surface area contributed by atoms with Crippen LogP contribution in [0, 0.1) is 0 Å². The molecule has 1 heterocycles. The van der Waals surface area contributed by atoms with Crippen LogP contribution >= 0.6 is 23.1 Å². The lowest BCUT2D eigenvalue weighted by Crippen LogP contribution is -2.20. The van der Waals surface area contributed by atoms with Gasteiger partial charge in [-0.2, -0.15) is 0 Å². The van der Waals surface area contributed by atoms with Crippen molar-refractivity contribution < 1.29 is 9.84 Å². The molecule has 0 saturated carbocycles. The number of ether oxygens (including phenoxy) is 1. The van der Waals surface area contributed by atoms with Gasteiger partial charge in [0.05, 0.1) is 18.8 Å². The van der Waals surface area contributed by atoms with Crippen LogP contribution in [0.2, 0.25) is 0 Å². The number of hydrogen-bond acceptors (Lipinski definition) is 7. The maximum Gasteiger partial charge on any atom is 0.203 e. The number of nitrogen functional groups attached to an aromatic ring is 1. The summed E-state index contributed by atoms with van der Waals surface area (Å²) >= 11 is 2.76. The Morgan fingerprint density at radius 3 is 2.80 bits per heavy atom. The van der Waals surface area contributed by atoms with Crippen LogP contribution in [0.3, 0.4) is 0 Å². The molecule has 5 nitrogen and oxygen atoms in total. The molecule has 1 unspecified atom stereocenters. The van der Waals surface area contributed by atoms with E-state index >= 15 is 0 Å². The van der Waals surface area contributed by atoms with Gasteiger partial charge in [0.1, 0.15) is 0 Å². The molecule has 0 aliphatic carbocycles. The normalized spacial score (nSPS) is 13.3. The van der Waals surface area contributed by atoms with Gasteiger partial charge in [0.2, 0.25) is 5.13 Å². The molecule has 7 heteroatoms. The standard InChI is InChI=1S/C8H15N3O2S2/c1-5(2)13-3-6(12)4-14-8-11-10-7(9)15-8/h5-6,12H,3-4H2,1-2H3,(H2,9,10). The molecule has 86 valence electrons. The molecule has 0 aliphatic heterocycles. The molecule has 1 aromatic heterocycles. The average molecular weight is 249 g/mol. The Bertz CT molecular complexity index is 293. The molecule has 0 radical (unpaired) electrons. The van der Waals surface area contributed by atoms with Gasteiger partial charge in [0.15, 0.2) is 4.34 Å². The summed E-state index contributed by atoms with van der Waals surface area (Å²) in [6.07, 6.45) is -0.343. The van der Waals surface area contributed by atoms with Crippen molar-refractivity contribution in [2.24, 2.45) is 0 Å². The third kappa shape index (κ3) is 5.31. The van der Waals surface area contributed by atoms with Crippen LogP contribution in [0.1, 0.15) is 13.8 Å². The molecule has 0 amide bonds. The Hall–Kier alpha value is -0.370. The Balaban J connectivity index is 2.19. The third-order valence-electron chi connectivity index (χ3n) is 1.44. The van der Waals surface area contributed by atoms with Crippen molar-refractivity contribution in [1.29, 1.82) is 0 Å². The van der Waals surface area contributed by atoms with Gasteiger partial charge in [0, 0.05) is 5.75 Å². The molecule has 0 aliphatic rings. The van der Waals surface area contributed by atoms with Crippen LogP contribution in [-0.4, -0.2) is 39.9 Å². The maximum absolute atomic E-state index is 9.55. The topological polar surface area (TPSA) is 81.3 Å². The molecule has 0 bridgehead atoms. The summed E-state index contributed by atoms with van der Waals surface area (Å²) in [5, 5.41) is 17.5. The molecule has 0 aromatic carbocycles. The number of thioether (sulfide) groups is 1. The summed E-state index contributed by atoms with van der Waals surface area (Å²) in [5.74, 6) is 0.543. The maximum atomic E-state index is 9.55. The van der Waals surface area contributed by atoms with Crippen LogP contribution in [0.25, 0.3) is 0 Å². The predicted octanol–water partition coefficient (Wildman–Crippen LogP) is 0.998. The highest BCUT2D eigenvalue weighted by Gasteiger charge is 2.09. The fourth-order valence-corrected chi connectivity index (χ4v) is 2.37. The molecule has 0 spiro atoms. The Kier molecular flexibility index (Phi) is 5.30. The van der Waals surface area contributed by atoms with Gasteiger partial charge in [0.25, 0.3) is 0 Å². The quantitative estimate of drug-likeness (QED) is 0.732. The van der Waals surface area contributed by atoms with Gasteiger partial charge < -0.3 is 15.6 Å². The molecule has 3 N–H and O–H groups in total. The minimum atomic E-state index is -0.484. The minimum Gasteiger partial charge on any atom is -0.390 e. The zero-order valence-corrected chi connectivity index (χ0v) is 10.3. The van der Waals surface area contributed by atoms with Crippen LogP contribution < -0.4 is 5.73 Å². The zero-order valence-electron chi connectivity index (χ0n) is 8.71. The fourth-order valence-electron chi connectivity index (χ4n) is 0.798. The zero-order chi connectivity index (χ0) is 11.3. The van der Waals surface area contributed by atoms with Crippen molar-refractivity contribution in [1.82, 2.24) is 10.2 Å². The number of aliphatic hydroxyl groups excluding tert-OH is 1. The average Bonchev–Trinajstić information content (AvgIpc) is 2.58. The largest absolute Gasteiger partial charge is 0.390 e. The fraction of sp³-hybridized carbons (Fsp3) is 0.750. The Morgan fingerprint density at radius 2 is 2.27 bits per heavy atom. The van der Waals surface area contributed by atoms with E-state index in [1.54, 1.807) is 0 Å². The van der Waals surface area contributed by atoms with Gasteiger partial charge in [-0.1, -0.05) is 23.1 Å². The van der Waals surface area contributed by atoms with Crippen LogP contribution in [0.4, 0.5) is 5.13 Å². The van der Waals surface area contributed by atoms with Crippen molar-refractivity contribution in [2.45, 2.75) is 30.4 Å². The summed E-state index contributed by atoms with van der Waals surface area (Å²) in [6.45, 7) is 4.22. The molecule has 0 fully saturated rings. The third-order valence-corrected chi connectivity index (χ3v) is 3.47. The van der Waals surface area contributed by atoms with Crippen LogP contribution in [-0.2, 0) is 4.74 Å². The van der Waals surface area contributed by atoms with E-state index in [4.69, 9.17) is 10.5 Å². The molecular formula is C8H15N3O2S2. The Morgan fingerprint density at radius 1 is 1.53 bits per heavy atom. The number of aromatic nitrogens is 2. The van der Waals surface area contributed by atoms with E-state index in [-0.39, 0.29) is 6.10 Å². The van der Waals surface area contributed by atoms with Crippen molar-refractivity contribution in [2.75, 3.05) is 18.1 Å². The highest BCUT2D eigenvalue weighted by molar-refractivity contribution is 8.01. The first-order valence-electron chi connectivity index (χ1n) is 4.59. The van der Waals surface area contributed by atoms with Crippen LogP contribution in [0.5, 0.6) is 0 Å².